The number of hydrogen-bond acceptors (Lipinski definition) is 1. The van der Waals surface area contributed by atoms with Crippen LogP contribution in [0.25, 0.3) is 0 Å². The van der Waals surface area contributed by atoms with E-state index in [0.717, 1.165) is 24.3 Å². The molecule has 1 fully saturated rings. The van der Waals surface area contributed by atoms with E-state index in [2.05, 4.69) is 5.32 Å². The van der Waals surface area contributed by atoms with Crippen LogP contribution in [0.3, 0.4) is 0 Å². The fourth-order valence-corrected chi connectivity index (χ4v) is 1.86. The summed E-state index contributed by atoms with van der Waals surface area (Å²) in [6.07, 6.45) is 2.97. The minimum absolute atomic E-state index is 0.189. The maximum atomic E-state index is 11.5. The summed E-state index contributed by atoms with van der Waals surface area (Å²) in [7, 11) is 0. The molecule has 86 valence electrons. The minimum Gasteiger partial charge on any atom is -0.353 e. The van der Waals surface area contributed by atoms with Gasteiger partial charge < -0.3 is 5.32 Å². The highest BCUT2D eigenvalue weighted by Gasteiger charge is 2.30. The summed E-state index contributed by atoms with van der Waals surface area (Å²) in [5.74, 6) is 0.495. The van der Waals surface area contributed by atoms with E-state index >= 15 is 0 Å². The molecule has 0 bridgehead atoms. The van der Waals surface area contributed by atoms with Gasteiger partial charge in [0.05, 0.1) is 0 Å². The monoisotopic (exact) mass is 237 g/mol. The molecule has 1 atom stereocenters. The number of halogens is 1. The molecule has 1 amide bonds. The normalized spacial score (nSPS) is 16.9. The molecule has 0 radical (unpaired) electrons. The largest absolute Gasteiger partial charge is 0.353 e. The Bertz CT molecular complexity index is 370. The first-order valence-electron chi connectivity index (χ1n) is 5.70. The van der Waals surface area contributed by atoms with Gasteiger partial charge in [-0.15, -0.1) is 0 Å². The number of hydrogen-bond donors (Lipinski definition) is 1. The molecule has 1 unspecified atom stereocenters. The van der Waals surface area contributed by atoms with Gasteiger partial charge in [-0.1, -0.05) is 23.7 Å². The van der Waals surface area contributed by atoms with Crippen molar-refractivity contribution in [3.8, 4) is 0 Å². The summed E-state index contributed by atoms with van der Waals surface area (Å²) < 4.78 is 0. The molecule has 16 heavy (non-hydrogen) atoms. The molecule has 1 aliphatic carbocycles. The van der Waals surface area contributed by atoms with Crippen LogP contribution in [-0.2, 0) is 11.2 Å². The minimum atomic E-state index is 0.189. The third-order valence-corrected chi connectivity index (χ3v) is 3.04. The Morgan fingerprint density at radius 2 is 2.06 bits per heavy atom. The maximum absolute atomic E-state index is 11.5. The highest BCUT2D eigenvalue weighted by Crippen LogP contribution is 2.28. The van der Waals surface area contributed by atoms with Crippen LogP contribution in [-0.4, -0.2) is 11.9 Å². The van der Waals surface area contributed by atoms with Crippen molar-refractivity contribution in [2.75, 3.05) is 0 Å². The molecule has 2 rings (SSSR count). The predicted octanol–water partition coefficient (Wildman–Crippen LogP) is 2.80. The molecule has 1 aromatic carbocycles. The van der Waals surface area contributed by atoms with E-state index in [9.17, 15) is 4.79 Å². The number of carbonyl (C=O) groups excluding carboxylic acids is 1. The van der Waals surface area contributed by atoms with Crippen molar-refractivity contribution < 1.29 is 4.79 Å². The average molecular weight is 238 g/mol. The van der Waals surface area contributed by atoms with E-state index in [0.29, 0.717) is 0 Å². The SMILES string of the molecule is CC(Cc1ccc(Cl)cc1)NC(=O)C1CC1. The third-order valence-electron chi connectivity index (χ3n) is 2.79. The summed E-state index contributed by atoms with van der Waals surface area (Å²) in [4.78, 5) is 11.5. The van der Waals surface area contributed by atoms with E-state index < -0.39 is 0 Å². The van der Waals surface area contributed by atoms with Crippen molar-refractivity contribution in [3.63, 3.8) is 0 Å². The number of nitrogens with one attached hydrogen (secondary N) is 1. The smallest absolute Gasteiger partial charge is 0.223 e. The van der Waals surface area contributed by atoms with Gasteiger partial charge in [-0.2, -0.15) is 0 Å². The summed E-state index contributed by atoms with van der Waals surface area (Å²) in [5.41, 5.74) is 1.20. The Kier molecular flexibility index (Phi) is 3.49. The van der Waals surface area contributed by atoms with Gasteiger partial charge in [-0.05, 0) is 43.9 Å². The van der Waals surface area contributed by atoms with Crippen molar-refractivity contribution in [2.24, 2.45) is 5.92 Å². The van der Waals surface area contributed by atoms with E-state index in [1.54, 1.807) is 0 Å². The van der Waals surface area contributed by atoms with Crippen LogP contribution < -0.4 is 5.32 Å². The fourth-order valence-electron chi connectivity index (χ4n) is 1.73. The molecule has 1 N–H and O–H groups in total. The van der Waals surface area contributed by atoms with Gasteiger partial charge in [0.15, 0.2) is 0 Å². The van der Waals surface area contributed by atoms with Gasteiger partial charge >= 0.3 is 0 Å². The Balaban J connectivity index is 1.83. The number of carbonyl (C=O) groups is 1. The summed E-state index contributed by atoms with van der Waals surface area (Å²) in [5, 5.41) is 3.78. The lowest BCUT2D eigenvalue weighted by atomic mass is 10.1. The first-order chi connectivity index (χ1) is 7.65. The van der Waals surface area contributed by atoms with Crippen molar-refractivity contribution >= 4 is 17.5 Å². The van der Waals surface area contributed by atoms with Gasteiger partial charge in [0.1, 0.15) is 0 Å². The van der Waals surface area contributed by atoms with Gasteiger partial charge in [0.2, 0.25) is 5.91 Å². The molecule has 1 aromatic rings. The van der Waals surface area contributed by atoms with Crippen LogP contribution in [0.5, 0.6) is 0 Å². The molecular weight excluding hydrogens is 222 g/mol. The molecule has 0 aliphatic heterocycles. The molecule has 0 spiro atoms. The second-order valence-electron chi connectivity index (χ2n) is 4.51. The lowest BCUT2D eigenvalue weighted by molar-refractivity contribution is -0.122. The molecule has 3 heteroatoms. The van der Waals surface area contributed by atoms with Crippen LogP contribution >= 0.6 is 11.6 Å². The van der Waals surface area contributed by atoms with Crippen molar-refractivity contribution in [3.05, 3.63) is 34.9 Å². The summed E-state index contributed by atoms with van der Waals surface area (Å²) in [6, 6.07) is 7.96. The maximum Gasteiger partial charge on any atom is 0.223 e. The van der Waals surface area contributed by atoms with Gasteiger partial charge in [-0.25, -0.2) is 0 Å². The average Bonchev–Trinajstić information content (AvgIpc) is 3.04. The predicted molar refractivity (Wildman–Crippen MR) is 65.5 cm³/mol. The Labute approximate surface area is 101 Å². The number of rotatable bonds is 4. The molecule has 2 nitrogen and oxygen atoms in total. The standard InChI is InChI=1S/C13H16ClNO/c1-9(15-13(16)11-4-5-11)8-10-2-6-12(14)7-3-10/h2-3,6-7,9,11H,4-5,8H2,1H3,(H,15,16). The van der Waals surface area contributed by atoms with Crippen LogP contribution in [0.15, 0.2) is 24.3 Å². The second-order valence-corrected chi connectivity index (χ2v) is 4.95. The molecule has 0 heterocycles. The van der Waals surface area contributed by atoms with Crippen LogP contribution in [0.4, 0.5) is 0 Å². The number of amides is 1. The topological polar surface area (TPSA) is 29.1 Å². The highest BCUT2D eigenvalue weighted by atomic mass is 35.5. The van der Waals surface area contributed by atoms with E-state index in [4.69, 9.17) is 11.6 Å². The molecule has 0 saturated heterocycles. The van der Waals surface area contributed by atoms with E-state index in [1.807, 2.05) is 31.2 Å². The van der Waals surface area contributed by atoms with Crippen molar-refractivity contribution in [1.29, 1.82) is 0 Å². The first-order valence-corrected chi connectivity index (χ1v) is 6.08. The lowest BCUT2D eigenvalue weighted by Gasteiger charge is -2.13. The van der Waals surface area contributed by atoms with Gasteiger partial charge in [0, 0.05) is 17.0 Å². The zero-order valence-electron chi connectivity index (χ0n) is 9.37. The number of benzene rings is 1. The quantitative estimate of drug-likeness (QED) is 0.857. The highest BCUT2D eigenvalue weighted by molar-refractivity contribution is 6.30. The van der Waals surface area contributed by atoms with Crippen molar-refractivity contribution in [2.45, 2.75) is 32.2 Å². The molecular formula is C13H16ClNO. The van der Waals surface area contributed by atoms with Crippen LogP contribution in [0, 0.1) is 5.92 Å². The Morgan fingerprint density at radius 3 is 2.62 bits per heavy atom. The molecule has 0 aromatic heterocycles. The lowest BCUT2D eigenvalue weighted by Crippen LogP contribution is -2.35. The Morgan fingerprint density at radius 1 is 1.44 bits per heavy atom. The first kappa shape index (κ1) is 11.5. The summed E-state index contributed by atoms with van der Waals surface area (Å²) >= 11 is 5.81. The zero-order valence-corrected chi connectivity index (χ0v) is 10.1. The third kappa shape index (κ3) is 3.24. The fraction of sp³-hybridized carbons (Fsp3) is 0.462. The second kappa shape index (κ2) is 4.88. The van der Waals surface area contributed by atoms with Gasteiger partial charge in [0.25, 0.3) is 0 Å². The molecule has 1 aliphatic rings. The van der Waals surface area contributed by atoms with E-state index in [1.165, 1.54) is 5.56 Å². The van der Waals surface area contributed by atoms with Crippen molar-refractivity contribution in [1.82, 2.24) is 5.32 Å². The van der Waals surface area contributed by atoms with Gasteiger partial charge in [-0.3, -0.25) is 4.79 Å². The van der Waals surface area contributed by atoms with E-state index in [-0.39, 0.29) is 17.9 Å². The summed E-state index contributed by atoms with van der Waals surface area (Å²) in [6.45, 7) is 2.04. The zero-order chi connectivity index (χ0) is 11.5. The van der Waals surface area contributed by atoms with Crippen LogP contribution in [0.1, 0.15) is 25.3 Å². The van der Waals surface area contributed by atoms with Crippen LogP contribution in [0.2, 0.25) is 5.02 Å². The Hall–Kier alpha value is -1.02. The molecule has 1 saturated carbocycles.